The molecular weight excluding hydrogens is 675 g/mol. The molecule has 1 N–H and O–H groups in total. The Labute approximate surface area is 306 Å². The monoisotopic (exact) mass is 724 g/mol. The predicted octanol–water partition coefficient (Wildman–Crippen LogP) is 7.78. The summed E-state index contributed by atoms with van der Waals surface area (Å²) in [6.45, 7) is 6.54. The van der Waals surface area contributed by atoms with E-state index < -0.39 is 0 Å². The number of nitrogens with zero attached hydrogens (tertiary/aromatic N) is 1. The Morgan fingerprint density at radius 1 is 0.820 bits per heavy atom. The maximum absolute atomic E-state index is 14.4. The van der Waals surface area contributed by atoms with E-state index in [4.69, 9.17) is 46.9 Å². The number of benzene rings is 3. The zero-order chi connectivity index (χ0) is 34.9. The van der Waals surface area contributed by atoms with Gasteiger partial charge in [-0.15, -0.1) is 0 Å². The average molecular weight is 726 g/mol. The van der Waals surface area contributed by atoms with Crippen molar-refractivity contribution >= 4 is 29.1 Å². The van der Waals surface area contributed by atoms with E-state index in [9.17, 15) is 4.79 Å². The van der Waals surface area contributed by atoms with Gasteiger partial charge in [-0.05, 0) is 123 Å². The number of hydrogen-bond acceptors (Lipinski definition) is 7. The van der Waals surface area contributed by atoms with E-state index in [0.717, 1.165) is 79.7 Å². The smallest absolute Gasteiger partial charge is 0.228 e. The van der Waals surface area contributed by atoms with Gasteiger partial charge in [-0.3, -0.25) is 4.79 Å². The van der Waals surface area contributed by atoms with Gasteiger partial charge in [0.05, 0.1) is 28.7 Å². The molecule has 6 rings (SSSR count). The summed E-state index contributed by atoms with van der Waals surface area (Å²) in [6.07, 6.45) is 7.53. The number of ether oxygens (including phenoxy) is 5. The van der Waals surface area contributed by atoms with Gasteiger partial charge in [-0.25, -0.2) is 0 Å². The first-order valence-corrected chi connectivity index (χ1v) is 18.8. The molecule has 1 saturated heterocycles. The number of carbonyl (C=O) groups is 1. The molecule has 3 aromatic rings. The highest BCUT2D eigenvalue weighted by atomic mass is 35.5. The van der Waals surface area contributed by atoms with Gasteiger partial charge in [0.1, 0.15) is 31.3 Å². The van der Waals surface area contributed by atoms with Gasteiger partial charge in [0.15, 0.2) is 5.75 Å². The van der Waals surface area contributed by atoms with Crippen molar-refractivity contribution in [2.45, 2.75) is 76.5 Å². The van der Waals surface area contributed by atoms with Crippen molar-refractivity contribution < 1.29 is 28.5 Å². The van der Waals surface area contributed by atoms with Crippen LogP contribution in [0.4, 0.5) is 0 Å². The fourth-order valence-corrected chi connectivity index (χ4v) is 7.42. The fraction of sp³-hybridized carbons (Fsp3) is 0.525. The second-order valence-electron chi connectivity index (χ2n) is 13.7. The van der Waals surface area contributed by atoms with Crippen LogP contribution in [0.2, 0.25) is 10.0 Å². The summed E-state index contributed by atoms with van der Waals surface area (Å²) in [6, 6.07) is 18.5. The van der Waals surface area contributed by atoms with Gasteiger partial charge in [-0.2, -0.15) is 0 Å². The van der Waals surface area contributed by atoms with Crippen LogP contribution in [0.25, 0.3) is 0 Å². The lowest BCUT2D eigenvalue weighted by atomic mass is 9.80. The lowest BCUT2D eigenvalue weighted by Crippen LogP contribution is -2.47. The van der Waals surface area contributed by atoms with Crippen LogP contribution in [0.15, 0.2) is 54.6 Å². The lowest BCUT2D eigenvalue weighted by molar-refractivity contribution is -0.138. The van der Waals surface area contributed by atoms with Crippen LogP contribution in [0, 0.1) is 12.8 Å². The molecule has 2 atom stereocenters. The molecule has 2 aliphatic carbocycles. The SMILES string of the molecule is COCCCc1cc(CN(C(=O)[C@H]2CNCCC2c2ccc(OCCOc3c(Cl)cc(C)cc3Cl)cc2)C2CC2)cc(OCCOC2CC2)c1. The lowest BCUT2D eigenvalue weighted by Gasteiger charge is -2.36. The molecule has 270 valence electrons. The van der Waals surface area contributed by atoms with E-state index in [0.29, 0.717) is 68.0 Å². The molecule has 3 fully saturated rings. The van der Waals surface area contributed by atoms with Crippen molar-refractivity contribution in [3.63, 3.8) is 0 Å². The Morgan fingerprint density at radius 3 is 2.24 bits per heavy atom. The van der Waals surface area contributed by atoms with Gasteiger partial charge in [0.25, 0.3) is 0 Å². The number of amides is 1. The molecule has 0 spiro atoms. The second kappa shape index (κ2) is 18.0. The maximum atomic E-state index is 14.4. The van der Waals surface area contributed by atoms with Crippen LogP contribution >= 0.6 is 23.2 Å². The van der Waals surface area contributed by atoms with E-state index in [2.05, 4.69) is 40.5 Å². The average Bonchev–Trinajstić information content (AvgIpc) is 4.05. The Morgan fingerprint density at radius 2 is 1.52 bits per heavy atom. The topological polar surface area (TPSA) is 78.5 Å². The van der Waals surface area contributed by atoms with Crippen LogP contribution in [0.5, 0.6) is 17.2 Å². The summed E-state index contributed by atoms with van der Waals surface area (Å²) in [7, 11) is 1.73. The molecule has 1 amide bonds. The van der Waals surface area contributed by atoms with E-state index in [-0.39, 0.29) is 23.8 Å². The third kappa shape index (κ3) is 10.5. The summed E-state index contributed by atoms with van der Waals surface area (Å²) in [4.78, 5) is 16.5. The number of piperidine rings is 1. The first-order valence-electron chi connectivity index (χ1n) is 18.1. The Kier molecular flexibility index (Phi) is 13.2. The van der Waals surface area contributed by atoms with E-state index in [1.807, 2.05) is 31.2 Å². The number of rotatable bonds is 19. The number of carbonyl (C=O) groups excluding carboxylic acids is 1. The zero-order valence-corrected chi connectivity index (χ0v) is 30.8. The minimum atomic E-state index is -0.145. The molecule has 1 unspecified atom stereocenters. The van der Waals surface area contributed by atoms with Crippen molar-refractivity contribution in [3.05, 3.63) is 86.9 Å². The van der Waals surface area contributed by atoms with Gasteiger partial charge in [0.2, 0.25) is 5.91 Å². The highest BCUT2D eigenvalue weighted by Crippen LogP contribution is 2.37. The molecule has 10 heteroatoms. The molecule has 3 aromatic carbocycles. The molecular formula is C40H50Cl2N2O6. The summed E-state index contributed by atoms with van der Waals surface area (Å²) < 4.78 is 29.0. The van der Waals surface area contributed by atoms with Gasteiger partial charge >= 0.3 is 0 Å². The van der Waals surface area contributed by atoms with Crippen molar-refractivity contribution in [2.75, 3.05) is 53.2 Å². The predicted molar refractivity (Wildman–Crippen MR) is 197 cm³/mol. The molecule has 50 heavy (non-hydrogen) atoms. The third-order valence-corrected chi connectivity index (χ3v) is 10.1. The quantitative estimate of drug-likeness (QED) is 0.127. The number of halogens is 2. The molecule has 0 bridgehead atoms. The summed E-state index contributed by atoms with van der Waals surface area (Å²) >= 11 is 12.6. The van der Waals surface area contributed by atoms with Crippen molar-refractivity contribution in [1.82, 2.24) is 10.2 Å². The van der Waals surface area contributed by atoms with E-state index in [1.165, 1.54) is 5.56 Å². The molecule has 1 aliphatic heterocycles. The summed E-state index contributed by atoms with van der Waals surface area (Å²) in [5.41, 5.74) is 4.45. The summed E-state index contributed by atoms with van der Waals surface area (Å²) in [5, 5.41) is 4.48. The molecule has 3 aliphatic rings. The minimum Gasteiger partial charge on any atom is -0.491 e. The first kappa shape index (κ1) is 36.8. The number of aryl methyl sites for hydroxylation is 2. The maximum Gasteiger partial charge on any atom is 0.228 e. The van der Waals surface area contributed by atoms with Gasteiger partial charge < -0.3 is 33.9 Å². The highest BCUT2D eigenvalue weighted by molar-refractivity contribution is 6.37. The number of hydrogen-bond donors (Lipinski definition) is 1. The van der Waals surface area contributed by atoms with E-state index >= 15 is 0 Å². The first-order chi connectivity index (χ1) is 24.4. The van der Waals surface area contributed by atoms with Crippen LogP contribution in [-0.2, 0) is 27.2 Å². The standard InChI is InChI=1S/C40H50Cl2N2O6/c1-27-20-37(41)39(38(42)21-27)50-19-18-48-32-9-5-30(6-10-32)35-13-14-43-25-36(35)40(45)44(31-7-8-31)26-29-22-28(4-3-15-46-2)23-34(24-29)49-17-16-47-33-11-12-33/h5-6,9-10,20-24,31,33,35-36,43H,3-4,7-8,11-19,25-26H2,1-2H3/t35?,36-/m0/s1. The normalized spacial score (nSPS) is 18.9. The minimum absolute atomic E-state index is 0.124. The number of methoxy groups -OCH3 is 1. The fourth-order valence-electron chi connectivity index (χ4n) is 6.72. The molecule has 2 saturated carbocycles. The molecule has 1 heterocycles. The van der Waals surface area contributed by atoms with Crippen LogP contribution in [0.3, 0.4) is 0 Å². The molecule has 8 nitrogen and oxygen atoms in total. The largest absolute Gasteiger partial charge is 0.491 e. The Balaban J connectivity index is 1.08. The van der Waals surface area contributed by atoms with Gasteiger partial charge in [-0.1, -0.05) is 41.4 Å². The highest BCUT2D eigenvalue weighted by Gasteiger charge is 2.40. The second-order valence-corrected chi connectivity index (χ2v) is 14.5. The molecule has 0 aromatic heterocycles. The Hall–Kier alpha value is -3.01. The van der Waals surface area contributed by atoms with Crippen molar-refractivity contribution in [3.8, 4) is 17.2 Å². The Bertz CT molecular complexity index is 1540. The number of nitrogens with one attached hydrogen (secondary N) is 1. The van der Waals surface area contributed by atoms with Crippen molar-refractivity contribution in [2.24, 2.45) is 5.92 Å². The van der Waals surface area contributed by atoms with Crippen LogP contribution in [-0.4, -0.2) is 76.2 Å². The zero-order valence-electron chi connectivity index (χ0n) is 29.3. The van der Waals surface area contributed by atoms with Crippen molar-refractivity contribution in [1.29, 1.82) is 0 Å². The third-order valence-electron chi connectivity index (χ3n) is 9.54. The van der Waals surface area contributed by atoms with Gasteiger partial charge in [0, 0.05) is 32.8 Å². The van der Waals surface area contributed by atoms with E-state index in [1.54, 1.807) is 7.11 Å². The van der Waals surface area contributed by atoms with Crippen LogP contribution in [0.1, 0.15) is 66.7 Å². The van der Waals surface area contributed by atoms with Crippen LogP contribution < -0.4 is 19.5 Å². The molecule has 0 radical (unpaired) electrons. The summed E-state index contributed by atoms with van der Waals surface area (Å²) in [5.74, 6) is 2.26.